The summed E-state index contributed by atoms with van der Waals surface area (Å²) in [6.45, 7) is 11.4. The van der Waals surface area contributed by atoms with Crippen molar-refractivity contribution in [1.29, 1.82) is 0 Å². The normalized spacial score (nSPS) is 11.3. The summed E-state index contributed by atoms with van der Waals surface area (Å²) < 4.78 is 5.47. The van der Waals surface area contributed by atoms with Crippen molar-refractivity contribution in [2.45, 2.75) is 46.7 Å². The predicted octanol–water partition coefficient (Wildman–Crippen LogP) is 2.37. The van der Waals surface area contributed by atoms with E-state index in [1.54, 1.807) is 0 Å². The molecule has 0 aliphatic carbocycles. The third-order valence-corrected chi connectivity index (χ3v) is 2.54. The van der Waals surface area contributed by atoms with Crippen LogP contribution in [0.3, 0.4) is 0 Å². The fourth-order valence-electron chi connectivity index (χ4n) is 1.69. The average Bonchev–Trinajstić information content (AvgIpc) is 2.50. The molecule has 92 valence electrons. The molecular formula is C13H24N2O. The molecule has 0 aromatic carbocycles. The Hall–Kier alpha value is -0.800. The molecule has 1 heterocycles. The minimum absolute atomic E-state index is 0.582. The van der Waals surface area contributed by atoms with Gasteiger partial charge in [0.05, 0.1) is 0 Å². The van der Waals surface area contributed by atoms with Crippen molar-refractivity contribution in [3.63, 3.8) is 0 Å². The number of furan rings is 1. The minimum Gasteiger partial charge on any atom is -0.466 e. The van der Waals surface area contributed by atoms with Gasteiger partial charge in [0.1, 0.15) is 11.5 Å². The Morgan fingerprint density at radius 2 is 2.00 bits per heavy atom. The van der Waals surface area contributed by atoms with E-state index >= 15 is 0 Å². The summed E-state index contributed by atoms with van der Waals surface area (Å²) in [6, 6.07) is 2.69. The lowest BCUT2D eigenvalue weighted by molar-refractivity contribution is 0.497. The third kappa shape index (κ3) is 4.81. The first-order chi connectivity index (χ1) is 7.59. The molecule has 1 aromatic heterocycles. The Balaban J connectivity index is 2.09. The highest BCUT2D eigenvalue weighted by molar-refractivity contribution is 5.19. The second-order valence-corrected chi connectivity index (χ2v) is 4.58. The molecule has 0 atom stereocenters. The molecule has 0 amide bonds. The van der Waals surface area contributed by atoms with E-state index in [1.165, 1.54) is 5.56 Å². The highest BCUT2D eigenvalue weighted by atomic mass is 16.3. The fraction of sp³-hybridized carbons (Fsp3) is 0.692. The topological polar surface area (TPSA) is 37.2 Å². The third-order valence-electron chi connectivity index (χ3n) is 2.54. The summed E-state index contributed by atoms with van der Waals surface area (Å²) in [4.78, 5) is 0. The van der Waals surface area contributed by atoms with Crippen molar-refractivity contribution in [3.8, 4) is 0 Å². The zero-order chi connectivity index (χ0) is 12.0. The molecule has 1 rings (SSSR count). The molecule has 0 radical (unpaired) electrons. The van der Waals surface area contributed by atoms with Crippen LogP contribution in [0.15, 0.2) is 10.5 Å². The minimum atomic E-state index is 0.582. The first-order valence-corrected chi connectivity index (χ1v) is 6.09. The number of hydrogen-bond donors (Lipinski definition) is 2. The van der Waals surface area contributed by atoms with Crippen LogP contribution in [0.1, 0.15) is 37.4 Å². The molecule has 0 unspecified atom stereocenters. The Bertz CT molecular complexity index is 305. The van der Waals surface area contributed by atoms with Crippen LogP contribution in [-0.4, -0.2) is 19.1 Å². The molecule has 3 heteroatoms. The van der Waals surface area contributed by atoms with Gasteiger partial charge in [0.25, 0.3) is 0 Å². The van der Waals surface area contributed by atoms with Gasteiger partial charge < -0.3 is 15.1 Å². The summed E-state index contributed by atoms with van der Waals surface area (Å²) in [7, 11) is 0. The van der Waals surface area contributed by atoms with E-state index in [0.29, 0.717) is 6.04 Å². The average molecular weight is 224 g/mol. The van der Waals surface area contributed by atoms with Gasteiger partial charge >= 0.3 is 0 Å². The van der Waals surface area contributed by atoms with Crippen LogP contribution >= 0.6 is 0 Å². The molecule has 0 saturated heterocycles. The molecule has 0 fully saturated rings. The van der Waals surface area contributed by atoms with E-state index in [-0.39, 0.29) is 0 Å². The fourth-order valence-corrected chi connectivity index (χ4v) is 1.69. The van der Waals surface area contributed by atoms with E-state index in [2.05, 4.69) is 30.5 Å². The second kappa shape index (κ2) is 6.71. The van der Waals surface area contributed by atoms with Gasteiger partial charge in [-0.1, -0.05) is 13.8 Å². The Morgan fingerprint density at radius 1 is 1.25 bits per heavy atom. The van der Waals surface area contributed by atoms with Crippen LogP contribution in [-0.2, 0) is 6.54 Å². The number of rotatable bonds is 7. The zero-order valence-electron chi connectivity index (χ0n) is 10.9. The summed E-state index contributed by atoms with van der Waals surface area (Å²) in [5.74, 6) is 2.03. The second-order valence-electron chi connectivity index (χ2n) is 4.58. The van der Waals surface area contributed by atoms with Crippen LogP contribution < -0.4 is 10.6 Å². The maximum absolute atomic E-state index is 5.47. The van der Waals surface area contributed by atoms with Gasteiger partial charge in [-0.25, -0.2) is 0 Å². The molecular weight excluding hydrogens is 200 g/mol. The highest BCUT2D eigenvalue weighted by Gasteiger charge is 2.03. The largest absolute Gasteiger partial charge is 0.466 e. The molecule has 16 heavy (non-hydrogen) atoms. The Morgan fingerprint density at radius 3 is 2.56 bits per heavy atom. The van der Waals surface area contributed by atoms with Gasteiger partial charge in [0.15, 0.2) is 0 Å². The van der Waals surface area contributed by atoms with E-state index in [0.717, 1.165) is 37.6 Å². The van der Waals surface area contributed by atoms with Gasteiger partial charge in [0.2, 0.25) is 0 Å². The van der Waals surface area contributed by atoms with Crippen LogP contribution in [0.2, 0.25) is 0 Å². The lowest BCUT2D eigenvalue weighted by atomic mass is 10.2. The van der Waals surface area contributed by atoms with Gasteiger partial charge in [-0.05, 0) is 39.4 Å². The van der Waals surface area contributed by atoms with Crippen molar-refractivity contribution in [3.05, 3.63) is 23.2 Å². The van der Waals surface area contributed by atoms with Crippen LogP contribution in [0, 0.1) is 13.8 Å². The van der Waals surface area contributed by atoms with Crippen molar-refractivity contribution in [1.82, 2.24) is 10.6 Å². The summed E-state index contributed by atoms with van der Waals surface area (Å²) in [5, 5.41) is 6.83. The molecule has 3 nitrogen and oxygen atoms in total. The SMILES string of the molecule is Cc1cc(CNCCCNC(C)C)c(C)o1. The Labute approximate surface area is 98.6 Å². The first kappa shape index (κ1) is 13.3. The molecule has 0 aliphatic heterocycles. The highest BCUT2D eigenvalue weighted by Crippen LogP contribution is 2.12. The van der Waals surface area contributed by atoms with Crippen molar-refractivity contribution in [2.75, 3.05) is 13.1 Å². The summed E-state index contributed by atoms with van der Waals surface area (Å²) in [5.41, 5.74) is 1.27. The predicted molar refractivity (Wildman–Crippen MR) is 67.6 cm³/mol. The standard InChI is InChI=1S/C13H24N2O/c1-10(2)15-7-5-6-14-9-13-8-11(3)16-12(13)4/h8,10,14-15H,5-7,9H2,1-4H3. The lowest BCUT2D eigenvalue weighted by Crippen LogP contribution is -2.26. The summed E-state index contributed by atoms with van der Waals surface area (Å²) >= 11 is 0. The van der Waals surface area contributed by atoms with Crippen molar-refractivity contribution >= 4 is 0 Å². The summed E-state index contributed by atoms with van der Waals surface area (Å²) in [6.07, 6.45) is 1.16. The smallest absolute Gasteiger partial charge is 0.105 e. The van der Waals surface area contributed by atoms with Crippen LogP contribution in [0.4, 0.5) is 0 Å². The van der Waals surface area contributed by atoms with Crippen LogP contribution in [0.5, 0.6) is 0 Å². The number of hydrogen-bond acceptors (Lipinski definition) is 3. The van der Waals surface area contributed by atoms with E-state index in [1.807, 2.05) is 13.8 Å². The molecule has 0 saturated carbocycles. The number of nitrogens with one attached hydrogen (secondary N) is 2. The monoisotopic (exact) mass is 224 g/mol. The first-order valence-electron chi connectivity index (χ1n) is 6.09. The van der Waals surface area contributed by atoms with Crippen LogP contribution in [0.25, 0.3) is 0 Å². The zero-order valence-corrected chi connectivity index (χ0v) is 10.9. The van der Waals surface area contributed by atoms with E-state index in [4.69, 9.17) is 4.42 Å². The Kier molecular flexibility index (Phi) is 5.56. The quantitative estimate of drug-likeness (QED) is 0.698. The molecule has 0 aliphatic rings. The van der Waals surface area contributed by atoms with Crippen molar-refractivity contribution < 1.29 is 4.42 Å². The maximum atomic E-state index is 5.47. The van der Waals surface area contributed by atoms with Gasteiger partial charge in [0, 0.05) is 18.2 Å². The number of aryl methyl sites for hydroxylation is 2. The van der Waals surface area contributed by atoms with Gasteiger partial charge in [-0.15, -0.1) is 0 Å². The molecule has 2 N–H and O–H groups in total. The van der Waals surface area contributed by atoms with E-state index < -0.39 is 0 Å². The lowest BCUT2D eigenvalue weighted by Gasteiger charge is -2.08. The molecule has 0 bridgehead atoms. The van der Waals surface area contributed by atoms with Crippen molar-refractivity contribution in [2.24, 2.45) is 0 Å². The van der Waals surface area contributed by atoms with E-state index in [9.17, 15) is 0 Å². The van der Waals surface area contributed by atoms with Gasteiger partial charge in [-0.3, -0.25) is 0 Å². The maximum Gasteiger partial charge on any atom is 0.105 e. The molecule has 1 aromatic rings. The van der Waals surface area contributed by atoms with Gasteiger partial charge in [-0.2, -0.15) is 0 Å². The molecule has 0 spiro atoms.